The van der Waals surface area contributed by atoms with Crippen LogP contribution in [0.4, 0.5) is 0 Å². The second kappa shape index (κ2) is 6.71. The summed E-state index contributed by atoms with van der Waals surface area (Å²) in [7, 11) is 2.05. The molecule has 106 valence electrons. The number of rotatable bonds is 5. The molecule has 1 unspecified atom stereocenters. The summed E-state index contributed by atoms with van der Waals surface area (Å²) in [5.74, 6) is 0. The van der Waals surface area contributed by atoms with Crippen LogP contribution in [0.25, 0.3) is 0 Å². The van der Waals surface area contributed by atoms with Crippen LogP contribution in [0.1, 0.15) is 40.3 Å². The predicted octanol–water partition coefficient (Wildman–Crippen LogP) is 4.51. The molecule has 0 aromatic heterocycles. The van der Waals surface area contributed by atoms with Gasteiger partial charge in [-0.15, -0.1) is 0 Å². The van der Waals surface area contributed by atoms with E-state index in [1.165, 1.54) is 27.8 Å². The Morgan fingerprint density at radius 3 is 2.00 bits per heavy atom. The van der Waals surface area contributed by atoms with Crippen molar-refractivity contribution in [3.05, 3.63) is 70.3 Å². The molecule has 0 bridgehead atoms. The van der Waals surface area contributed by atoms with Gasteiger partial charge in [0, 0.05) is 6.04 Å². The van der Waals surface area contributed by atoms with Gasteiger partial charge in [-0.25, -0.2) is 0 Å². The quantitative estimate of drug-likeness (QED) is 0.840. The van der Waals surface area contributed by atoms with Crippen molar-refractivity contribution in [3.8, 4) is 0 Å². The van der Waals surface area contributed by atoms with Gasteiger partial charge in [0.25, 0.3) is 0 Å². The first-order valence-corrected chi connectivity index (χ1v) is 7.39. The molecule has 0 aliphatic heterocycles. The highest BCUT2D eigenvalue weighted by Crippen LogP contribution is 2.21. The van der Waals surface area contributed by atoms with Crippen molar-refractivity contribution < 1.29 is 0 Å². The topological polar surface area (TPSA) is 12.0 Å². The molecular formula is C19H25N. The molecule has 2 aromatic carbocycles. The third-order valence-electron chi connectivity index (χ3n) is 3.84. The molecule has 0 aliphatic carbocycles. The van der Waals surface area contributed by atoms with E-state index in [1.54, 1.807) is 0 Å². The van der Waals surface area contributed by atoms with Gasteiger partial charge in [0.2, 0.25) is 0 Å². The van der Waals surface area contributed by atoms with Crippen molar-refractivity contribution in [1.82, 2.24) is 5.32 Å². The smallest absolute Gasteiger partial charge is 0.0320 e. The molecule has 0 radical (unpaired) electrons. The second-order valence-corrected chi connectivity index (χ2v) is 5.79. The Labute approximate surface area is 123 Å². The zero-order valence-electron chi connectivity index (χ0n) is 13.0. The normalized spacial score (nSPS) is 12.4. The number of nitrogens with one attached hydrogen (secondary N) is 1. The molecule has 2 aromatic rings. The fourth-order valence-electron chi connectivity index (χ4n) is 2.75. The third-order valence-corrected chi connectivity index (χ3v) is 3.84. The Morgan fingerprint density at radius 1 is 0.850 bits per heavy atom. The van der Waals surface area contributed by atoms with Crippen LogP contribution in [-0.2, 0) is 6.42 Å². The lowest BCUT2D eigenvalue weighted by atomic mass is 9.96. The van der Waals surface area contributed by atoms with Gasteiger partial charge in [-0.3, -0.25) is 0 Å². The summed E-state index contributed by atoms with van der Waals surface area (Å²) in [6.45, 7) is 6.47. The van der Waals surface area contributed by atoms with Crippen LogP contribution in [0.5, 0.6) is 0 Å². The number of hydrogen-bond donors (Lipinski definition) is 1. The van der Waals surface area contributed by atoms with E-state index < -0.39 is 0 Å². The maximum atomic E-state index is 3.45. The maximum Gasteiger partial charge on any atom is 0.0320 e. The van der Waals surface area contributed by atoms with Crippen molar-refractivity contribution >= 4 is 0 Å². The van der Waals surface area contributed by atoms with Crippen LogP contribution in [-0.4, -0.2) is 7.05 Å². The highest BCUT2D eigenvalue weighted by atomic mass is 14.9. The van der Waals surface area contributed by atoms with Gasteiger partial charge in [-0.2, -0.15) is 0 Å². The van der Waals surface area contributed by atoms with Gasteiger partial charge in [0.05, 0.1) is 0 Å². The lowest BCUT2D eigenvalue weighted by molar-refractivity contribution is 0.548. The maximum absolute atomic E-state index is 3.45. The summed E-state index contributed by atoms with van der Waals surface area (Å²) in [5.41, 5.74) is 6.83. The molecule has 0 heterocycles. The monoisotopic (exact) mass is 267 g/mol. The number of hydrogen-bond acceptors (Lipinski definition) is 1. The Kier molecular flexibility index (Phi) is 4.97. The van der Waals surface area contributed by atoms with Crippen molar-refractivity contribution in [2.24, 2.45) is 0 Å². The van der Waals surface area contributed by atoms with Crippen LogP contribution < -0.4 is 5.32 Å². The van der Waals surface area contributed by atoms with Crippen molar-refractivity contribution in [2.75, 3.05) is 7.05 Å². The molecule has 2 rings (SSSR count). The molecule has 1 atom stereocenters. The number of aryl methyl sites for hydroxylation is 4. The minimum Gasteiger partial charge on any atom is -0.313 e. The highest BCUT2D eigenvalue weighted by molar-refractivity contribution is 5.31. The summed E-state index contributed by atoms with van der Waals surface area (Å²) in [6, 6.07) is 16.1. The lowest BCUT2D eigenvalue weighted by Gasteiger charge is -2.18. The molecule has 1 heteroatoms. The average molecular weight is 267 g/mol. The SMILES string of the molecule is CNC(CCc1ccc(C)cc1)c1cc(C)cc(C)c1. The zero-order chi connectivity index (χ0) is 14.5. The average Bonchev–Trinajstić information content (AvgIpc) is 2.40. The summed E-state index contributed by atoms with van der Waals surface area (Å²) in [6.07, 6.45) is 2.24. The van der Waals surface area contributed by atoms with Gasteiger partial charge in [0.1, 0.15) is 0 Å². The predicted molar refractivity (Wildman–Crippen MR) is 87.2 cm³/mol. The molecule has 0 saturated carbocycles. The van der Waals surface area contributed by atoms with E-state index in [9.17, 15) is 0 Å². The highest BCUT2D eigenvalue weighted by Gasteiger charge is 2.10. The van der Waals surface area contributed by atoms with E-state index in [0.717, 1.165) is 12.8 Å². The van der Waals surface area contributed by atoms with Crippen LogP contribution in [0.15, 0.2) is 42.5 Å². The first-order valence-electron chi connectivity index (χ1n) is 7.39. The summed E-state index contributed by atoms with van der Waals surface area (Å²) in [4.78, 5) is 0. The summed E-state index contributed by atoms with van der Waals surface area (Å²) < 4.78 is 0. The van der Waals surface area contributed by atoms with Crippen molar-refractivity contribution in [1.29, 1.82) is 0 Å². The second-order valence-electron chi connectivity index (χ2n) is 5.79. The van der Waals surface area contributed by atoms with Crippen LogP contribution in [0, 0.1) is 20.8 Å². The van der Waals surface area contributed by atoms with Gasteiger partial charge in [-0.05, 0) is 51.8 Å². The standard InChI is InChI=1S/C19H25N/c1-14-5-7-17(8-6-14)9-10-19(20-4)18-12-15(2)11-16(3)13-18/h5-8,11-13,19-20H,9-10H2,1-4H3. The molecule has 1 N–H and O–H groups in total. The molecule has 1 nitrogen and oxygen atoms in total. The molecule has 20 heavy (non-hydrogen) atoms. The van der Waals surface area contributed by atoms with E-state index in [0.29, 0.717) is 6.04 Å². The molecular weight excluding hydrogens is 242 g/mol. The van der Waals surface area contributed by atoms with E-state index in [4.69, 9.17) is 0 Å². The first kappa shape index (κ1) is 14.8. The van der Waals surface area contributed by atoms with E-state index in [2.05, 4.69) is 75.6 Å². The summed E-state index contributed by atoms with van der Waals surface area (Å²) in [5, 5.41) is 3.45. The molecule has 0 fully saturated rings. The molecule has 0 spiro atoms. The van der Waals surface area contributed by atoms with E-state index in [1.807, 2.05) is 0 Å². The van der Waals surface area contributed by atoms with Crippen LogP contribution in [0.2, 0.25) is 0 Å². The molecule has 0 aliphatic rings. The minimum atomic E-state index is 0.426. The third kappa shape index (κ3) is 3.94. The zero-order valence-corrected chi connectivity index (χ0v) is 13.0. The lowest BCUT2D eigenvalue weighted by Crippen LogP contribution is -2.17. The largest absolute Gasteiger partial charge is 0.313 e. The molecule has 0 saturated heterocycles. The Balaban J connectivity index is 2.07. The van der Waals surface area contributed by atoms with Crippen LogP contribution in [0.3, 0.4) is 0 Å². The first-order chi connectivity index (χ1) is 9.58. The number of benzene rings is 2. The minimum absolute atomic E-state index is 0.426. The Hall–Kier alpha value is -1.60. The Bertz CT molecular complexity index is 534. The van der Waals surface area contributed by atoms with Crippen molar-refractivity contribution in [3.63, 3.8) is 0 Å². The van der Waals surface area contributed by atoms with E-state index in [-0.39, 0.29) is 0 Å². The van der Waals surface area contributed by atoms with Crippen LogP contribution >= 0.6 is 0 Å². The van der Waals surface area contributed by atoms with Gasteiger partial charge in [-0.1, -0.05) is 59.2 Å². The van der Waals surface area contributed by atoms with Gasteiger partial charge < -0.3 is 5.32 Å². The summed E-state index contributed by atoms with van der Waals surface area (Å²) >= 11 is 0. The van der Waals surface area contributed by atoms with Crippen molar-refractivity contribution in [2.45, 2.75) is 39.7 Å². The Morgan fingerprint density at radius 2 is 1.45 bits per heavy atom. The van der Waals surface area contributed by atoms with Gasteiger partial charge >= 0.3 is 0 Å². The molecule has 0 amide bonds. The van der Waals surface area contributed by atoms with E-state index >= 15 is 0 Å². The fraction of sp³-hybridized carbons (Fsp3) is 0.368. The van der Waals surface area contributed by atoms with Gasteiger partial charge in [0.15, 0.2) is 0 Å². The fourth-order valence-corrected chi connectivity index (χ4v) is 2.75.